The first-order valence-electron chi connectivity index (χ1n) is 18.1. The highest BCUT2D eigenvalue weighted by Gasteiger charge is 2.55. The Bertz CT molecular complexity index is 2370. The van der Waals surface area contributed by atoms with Gasteiger partial charge in [-0.15, -0.1) is 11.8 Å². The second-order valence-corrected chi connectivity index (χ2v) is 16.4. The number of nitrogen functional groups attached to an aromatic ring is 1. The average Bonchev–Trinajstić information content (AvgIpc) is 3.61. The van der Waals surface area contributed by atoms with Gasteiger partial charge in [-0.2, -0.15) is 0 Å². The molecule has 5 aromatic carbocycles. The molecule has 14 heteroatoms. The summed E-state index contributed by atoms with van der Waals surface area (Å²) in [5.41, 5.74) is 7.97. The van der Waals surface area contributed by atoms with Crippen LogP contribution < -0.4 is 11.1 Å². The van der Waals surface area contributed by atoms with Crippen LogP contribution in [0.3, 0.4) is 0 Å². The van der Waals surface area contributed by atoms with Crippen molar-refractivity contribution in [2.45, 2.75) is 23.1 Å². The summed E-state index contributed by atoms with van der Waals surface area (Å²) in [5, 5.41) is 6.90. The average molecular weight is 847 g/mol. The van der Waals surface area contributed by atoms with Crippen LogP contribution in [-0.4, -0.2) is 50.5 Å². The maximum absolute atomic E-state index is 14.4. The minimum absolute atomic E-state index is 0.0234. The number of hydrogen-bond acceptors (Lipinski definition) is 10. The van der Waals surface area contributed by atoms with Crippen molar-refractivity contribution in [1.82, 2.24) is 15.2 Å². The third-order valence-corrected chi connectivity index (χ3v) is 12.5. The molecule has 2 amide bonds. The van der Waals surface area contributed by atoms with E-state index in [1.807, 2.05) is 152 Å². The number of halogens is 2. The third kappa shape index (κ3) is 7.47. The van der Waals surface area contributed by atoms with Gasteiger partial charge in [0.05, 0.1) is 5.03 Å². The molecule has 2 aliphatic heterocycles. The van der Waals surface area contributed by atoms with Crippen molar-refractivity contribution in [2.75, 3.05) is 11.5 Å². The zero-order valence-electron chi connectivity index (χ0n) is 30.4. The number of nitrogens with one attached hydrogen (secondary N) is 1. The lowest BCUT2D eigenvalue weighted by molar-refractivity contribution is -0.154. The highest BCUT2D eigenvalue weighted by atomic mass is 35.5. The Balaban J connectivity index is 1.11. The number of ether oxygens (including phenoxy) is 1. The summed E-state index contributed by atoms with van der Waals surface area (Å²) in [6.45, 7) is 0. The Morgan fingerprint density at radius 2 is 1.28 bits per heavy atom. The van der Waals surface area contributed by atoms with E-state index < -0.39 is 40.9 Å². The van der Waals surface area contributed by atoms with Crippen LogP contribution in [0.4, 0.5) is 5.13 Å². The standard InChI is InChI=1S/C44H33Cl2N5O5S2/c45-32-26-57-41-35(40(53)51(41)36(32)42(54)55-37(27-16-6-1-7-17-27)28-18-8-2-9-19-28)48-39(52)34(33-38(46)58-43(47)49-33)50-56-44(29-20-10-3-11-21-29,30-22-12-4-13-23-30)31-24-14-5-15-25-31/h1-25,35,37,41H,26H2,(H2,47,49)(H,48,52)/b50-34-/t35-,41?/m1/s1. The molecule has 6 aromatic rings. The molecule has 0 radical (unpaired) electrons. The molecule has 2 aliphatic rings. The van der Waals surface area contributed by atoms with Gasteiger partial charge in [-0.3, -0.25) is 14.5 Å². The number of benzene rings is 5. The van der Waals surface area contributed by atoms with Crippen molar-refractivity contribution in [2.24, 2.45) is 5.16 Å². The van der Waals surface area contributed by atoms with E-state index in [1.54, 1.807) is 0 Å². The number of thiazole rings is 1. The molecule has 10 nitrogen and oxygen atoms in total. The minimum atomic E-state index is -1.35. The largest absolute Gasteiger partial charge is 0.448 e. The number of β-lactam (4-membered cyclic amide) rings is 1. The highest BCUT2D eigenvalue weighted by molar-refractivity contribution is 8.00. The van der Waals surface area contributed by atoms with E-state index in [9.17, 15) is 14.4 Å². The van der Waals surface area contributed by atoms with E-state index in [0.29, 0.717) is 0 Å². The summed E-state index contributed by atoms with van der Waals surface area (Å²) < 4.78 is 6.19. The smallest absolute Gasteiger partial charge is 0.357 e. The third-order valence-electron chi connectivity index (χ3n) is 9.69. The van der Waals surface area contributed by atoms with E-state index in [4.69, 9.17) is 38.5 Å². The molecule has 1 saturated heterocycles. The van der Waals surface area contributed by atoms with Gasteiger partial charge in [0.25, 0.3) is 11.8 Å². The van der Waals surface area contributed by atoms with Gasteiger partial charge >= 0.3 is 5.97 Å². The van der Waals surface area contributed by atoms with Gasteiger partial charge < -0.3 is 20.6 Å². The molecule has 0 aliphatic carbocycles. The fraction of sp³-hybridized carbons (Fsp3) is 0.114. The molecule has 290 valence electrons. The highest BCUT2D eigenvalue weighted by Crippen LogP contribution is 2.44. The lowest BCUT2D eigenvalue weighted by Crippen LogP contribution is -2.71. The Morgan fingerprint density at radius 3 is 1.74 bits per heavy atom. The summed E-state index contributed by atoms with van der Waals surface area (Å²) in [5.74, 6) is -1.94. The number of esters is 1. The molecular weight excluding hydrogens is 814 g/mol. The molecule has 1 aromatic heterocycles. The van der Waals surface area contributed by atoms with Crippen molar-refractivity contribution < 1.29 is 24.0 Å². The van der Waals surface area contributed by atoms with Gasteiger partial charge in [0, 0.05) is 22.4 Å². The van der Waals surface area contributed by atoms with Crippen molar-refractivity contribution >= 4 is 74.9 Å². The maximum atomic E-state index is 14.4. The molecule has 0 saturated carbocycles. The first-order chi connectivity index (χ1) is 28.3. The zero-order chi connectivity index (χ0) is 40.2. The molecular formula is C44H33Cl2N5O5S2. The predicted molar refractivity (Wildman–Crippen MR) is 227 cm³/mol. The van der Waals surface area contributed by atoms with Gasteiger partial charge in [0.1, 0.15) is 27.1 Å². The predicted octanol–water partition coefficient (Wildman–Crippen LogP) is 8.27. The second-order valence-electron chi connectivity index (χ2n) is 13.2. The number of amides is 2. The van der Waals surface area contributed by atoms with Gasteiger partial charge in [-0.1, -0.05) is 191 Å². The number of hydrogen-bond donors (Lipinski definition) is 2. The number of thioether (sulfide) groups is 1. The van der Waals surface area contributed by atoms with Gasteiger partial charge in [0.2, 0.25) is 5.60 Å². The fourth-order valence-electron chi connectivity index (χ4n) is 6.97. The molecule has 8 rings (SSSR count). The lowest BCUT2D eigenvalue weighted by atomic mass is 9.80. The molecule has 3 heterocycles. The van der Waals surface area contributed by atoms with Crippen LogP contribution in [0.5, 0.6) is 0 Å². The second kappa shape index (κ2) is 16.9. The number of anilines is 1. The number of fused-ring (bicyclic) bond motifs is 1. The summed E-state index contributed by atoms with van der Waals surface area (Å²) in [6, 6.07) is 46.0. The summed E-state index contributed by atoms with van der Waals surface area (Å²) in [4.78, 5) is 54.6. The van der Waals surface area contributed by atoms with E-state index in [0.717, 1.165) is 39.2 Å². The Labute approximate surface area is 352 Å². The van der Waals surface area contributed by atoms with Gasteiger partial charge in [0.15, 0.2) is 16.9 Å². The van der Waals surface area contributed by atoms with Crippen molar-refractivity contribution in [3.8, 4) is 0 Å². The van der Waals surface area contributed by atoms with E-state index in [-0.39, 0.29) is 37.4 Å². The molecule has 0 bridgehead atoms. The van der Waals surface area contributed by atoms with Crippen LogP contribution >= 0.6 is 46.3 Å². The molecule has 3 N–H and O–H groups in total. The van der Waals surface area contributed by atoms with Crippen molar-refractivity contribution in [1.29, 1.82) is 0 Å². The summed E-state index contributed by atoms with van der Waals surface area (Å²) in [7, 11) is 0. The number of nitrogens with zero attached hydrogens (tertiary/aromatic N) is 3. The quantitative estimate of drug-likeness (QED) is 0.0413. The van der Waals surface area contributed by atoms with Crippen LogP contribution in [-0.2, 0) is 29.6 Å². The lowest BCUT2D eigenvalue weighted by Gasteiger charge is -2.49. The van der Waals surface area contributed by atoms with Crippen LogP contribution in [0, 0.1) is 0 Å². The first-order valence-corrected chi connectivity index (χ1v) is 20.7. The van der Waals surface area contributed by atoms with Crippen LogP contribution in [0.25, 0.3) is 0 Å². The molecule has 1 unspecified atom stereocenters. The number of aromatic nitrogens is 1. The number of carbonyl (C=O) groups is 3. The number of rotatable bonds is 12. The Kier molecular flexibility index (Phi) is 11.3. The summed E-state index contributed by atoms with van der Waals surface area (Å²) >= 11 is 15.5. The van der Waals surface area contributed by atoms with E-state index in [2.05, 4.69) is 15.5 Å². The monoisotopic (exact) mass is 845 g/mol. The fourth-order valence-corrected chi connectivity index (χ4v) is 9.45. The molecule has 1 fully saturated rings. The van der Waals surface area contributed by atoms with Crippen LogP contribution in [0.2, 0.25) is 4.34 Å². The van der Waals surface area contributed by atoms with Crippen LogP contribution in [0.15, 0.2) is 168 Å². The maximum Gasteiger partial charge on any atom is 0.357 e. The van der Waals surface area contributed by atoms with Gasteiger partial charge in [-0.05, 0) is 11.1 Å². The summed E-state index contributed by atoms with van der Waals surface area (Å²) in [6.07, 6.45) is -0.768. The van der Waals surface area contributed by atoms with Gasteiger partial charge in [-0.25, -0.2) is 9.78 Å². The number of nitrogens with two attached hydrogens (primary N) is 1. The Morgan fingerprint density at radius 1 is 0.793 bits per heavy atom. The van der Waals surface area contributed by atoms with Crippen molar-refractivity contribution in [3.63, 3.8) is 0 Å². The van der Waals surface area contributed by atoms with Crippen LogP contribution in [0.1, 0.15) is 39.6 Å². The van der Waals surface area contributed by atoms with E-state index in [1.165, 1.54) is 16.7 Å². The normalized spacial score (nSPS) is 16.7. The molecule has 58 heavy (non-hydrogen) atoms. The minimum Gasteiger partial charge on any atom is -0.448 e. The molecule has 2 atom stereocenters. The van der Waals surface area contributed by atoms with Crippen molar-refractivity contribution in [3.05, 3.63) is 200 Å². The Hall–Kier alpha value is -5.92. The number of carbonyl (C=O) groups excluding carboxylic acids is 3. The SMILES string of the molecule is Nc1nc(/C(=N/OC(c2ccccc2)(c2ccccc2)c2ccccc2)C(=O)N[C@@H]2C(=O)N3C(C(=O)OC(c4ccccc4)c4ccccc4)=C(Cl)CSC23)c(Cl)s1. The number of oxime groups is 1. The molecule has 0 spiro atoms. The topological polar surface area (TPSA) is 136 Å². The van der Waals surface area contributed by atoms with E-state index >= 15 is 0 Å². The first kappa shape index (κ1) is 38.9. The zero-order valence-corrected chi connectivity index (χ0v) is 33.6.